The largest absolute Gasteiger partial charge is 0.354 e. The molecule has 0 aliphatic heterocycles. The van der Waals surface area contributed by atoms with Gasteiger partial charge in [0, 0.05) is 19.9 Å². The van der Waals surface area contributed by atoms with Crippen LogP contribution in [0.1, 0.15) is 6.92 Å². The van der Waals surface area contributed by atoms with Crippen molar-refractivity contribution in [2.24, 2.45) is 0 Å². The fraction of sp³-hybridized carbons (Fsp3) is 0.312. The fourth-order valence-corrected chi connectivity index (χ4v) is 2.21. The Bertz CT molecular complexity index is 611. The van der Waals surface area contributed by atoms with Gasteiger partial charge in [-0.25, -0.2) is 4.79 Å². The van der Waals surface area contributed by atoms with Crippen molar-refractivity contribution < 1.29 is 14.3 Å². The highest BCUT2D eigenvalue weighted by atomic mass is 16.7. The molecule has 0 fully saturated rings. The second-order valence-electron chi connectivity index (χ2n) is 4.79. The number of anilines is 1. The molecule has 21 heavy (non-hydrogen) atoms. The Balaban J connectivity index is 2.01. The molecule has 2 rings (SSSR count). The number of nitrogens with one attached hydrogen (secondary N) is 2. The van der Waals surface area contributed by atoms with Gasteiger partial charge in [0.05, 0.1) is 6.04 Å². The Morgan fingerprint density at radius 1 is 1.05 bits per heavy atom. The molecule has 0 heterocycles. The first-order valence-electron chi connectivity index (χ1n) is 6.76. The van der Waals surface area contributed by atoms with Crippen LogP contribution in [0.15, 0.2) is 42.5 Å². The van der Waals surface area contributed by atoms with Gasteiger partial charge in [-0.05, 0) is 29.8 Å². The van der Waals surface area contributed by atoms with E-state index >= 15 is 0 Å². The molecule has 1 unspecified atom stereocenters. The summed E-state index contributed by atoms with van der Waals surface area (Å²) in [5.41, 5.74) is 0.741. The van der Waals surface area contributed by atoms with Crippen molar-refractivity contribution in [1.29, 1.82) is 0 Å². The first kappa shape index (κ1) is 15.3. The van der Waals surface area contributed by atoms with Gasteiger partial charge in [-0.2, -0.15) is 0 Å². The smallest absolute Gasteiger partial charge is 0.319 e. The summed E-state index contributed by atoms with van der Waals surface area (Å²) < 4.78 is 10.2. The van der Waals surface area contributed by atoms with E-state index in [4.69, 9.17) is 9.47 Å². The number of hydrogen-bond donors (Lipinski definition) is 2. The highest BCUT2D eigenvalue weighted by Gasteiger charge is 2.17. The van der Waals surface area contributed by atoms with Crippen LogP contribution >= 0.6 is 0 Å². The average Bonchev–Trinajstić information content (AvgIpc) is 2.48. The lowest BCUT2D eigenvalue weighted by Gasteiger charge is -2.22. The summed E-state index contributed by atoms with van der Waals surface area (Å²) >= 11 is 0. The monoisotopic (exact) mass is 288 g/mol. The van der Waals surface area contributed by atoms with E-state index in [1.54, 1.807) is 0 Å². The highest BCUT2D eigenvalue weighted by Crippen LogP contribution is 2.18. The molecule has 1 atom stereocenters. The zero-order chi connectivity index (χ0) is 15.2. The topological polar surface area (TPSA) is 59.6 Å². The van der Waals surface area contributed by atoms with Crippen LogP contribution < -0.4 is 10.6 Å². The van der Waals surface area contributed by atoms with Crippen molar-refractivity contribution in [2.75, 3.05) is 19.5 Å². The molecule has 2 amide bonds. The summed E-state index contributed by atoms with van der Waals surface area (Å²) in [4.78, 5) is 12.0. The summed E-state index contributed by atoms with van der Waals surface area (Å²) in [5.74, 6) is 0. The first-order chi connectivity index (χ1) is 10.1. The number of carbonyl (C=O) groups excluding carboxylic acids is 1. The molecule has 0 saturated heterocycles. The van der Waals surface area contributed by atoms with Gasteiger partial charge >= 0.3 is 6.03 Å². The van der Waals surface area contributed by atoms with Gasteiger partial charge in [0.25, 0.3) is 0 Å². The number of amides is 2. The van der Waals surface area contributed by atoms with Crippen molar-refractivity contribution in [2.45, 2.75) is 19.3 Å². The van der Waals surface area contributed by atoms with Crippen LogP contribution in [-0.2, 0) is 9.47 Å². The van der Waals surface area contributed by atoms with E-state index in [0.717, 1.165) is 16.5 Å². The third-order valence-electron chi connectivity index (χ3n) is 3.24. The van der Waals surface area contributed by atoms with Gasteiger partial charge in [0.15, 0.2) is 6.29 Å². The summed E-state index contributed by atoms with van der Waals surface area (Å²) in [7, 11) is 3.07. The van der Waals surface area contributed by atoms with Gasteiger partial charge in [0.2, 0.25) is 0 Å². The number of carbonyl (C=O) groups is 1. The molecule has 5 nitrogen and oxygen atoms in total. The lowest BCUT2D eigenvalue weighted by Crippen LogP contribution is -2.44. The van der Waals surface area contributed by atoms with E-state index in [1.165, 1.54) is 14.2 Å². The van der Waals surface area contributed by atoms with Crippen LogP contribution in [0.25, 0.3) is 10.8 Å². The summed E-state index contributed by atoms with van der Waals surface area (Å²) in [6, 6.07) is 13.2. The van der Waals surface area contributed by atoms with E-state index < -0.39 is 6.29 Å². The average molecular weight is 288 g/mol. The molecule has 2 aromatic carbocycles. The van der Waals surface area contributed by atoms with E-state index in [-0.39, 0.29) is 12.1 Å². The Kier molecular flexibility index (Phi) is 5.14. The number of methoxy groups -OCH3 is 2. The van der Waals surface area contributed by atoms with Crippen LogP contribution in [-0.4, -0.2) is 32.6 Å². The molecule has 0 aliphatic rings. The molecule has 0 saturated carbocycles. The Hall–Kier alpha value is -2.11. The van der Waals surface area contributed by atoms with E-state index in [1.807, 2.05) is 49.4 Å². The number of ether oxygens (including phenoxy) is 2. The molecule has 0 spiro atoms. The number of benzene rings is 2. The van der Waals surface area contributed by atoms with Gasteiger partial charge in [0.1, 0.15) is 0 Å². The Morgan fingerprint density at radius 3 is 2.38 bits per heavy atom. The quantitative estimate of drug-likeness (QED) is 0.832. The molecule has 0 bridgehead atoms. The van der Waals surface area contributed by atoms with Crippen LogP contribution in [0.2, 0.25) is 0 Å². The maximum absolute atomic E-state index is 12.0. The number of urea groups is 1. The van der Waals surface area contributed by atoms with Crippen molar-refractivity contribution in [1.82, 2.24) is 5.32 Å². The molecule has 0 aliphatic carbocycles. The molecule has 5 heteroatoms. The number of rotatable bonds is 5. The zero-order valence-electron chi connectivity index (χ0n) is 12.4. The lowest BCUT2D eigenvalue weighted by atomic mass is 10.1. The number of hydrogen-bond acceptors (Lipinski definition) is 3. The summed E-state index contributed by atoms with van der Waals surface area (Å²) in [5, 5.41) is 7.80. The lowest BCUT2D eigenvalue weighted by molar-refractivity contribution is -0.117. The summed E-state index contributed by atoms with van der Waals surface area (Å²) in [6.45, 7) is 1.82. The minimum absolute atomic E-state index is 0.263. The second kappa shape index (κ2) is 7.06. The first-order valence-corrected chi connectivity index (χ1v) is 6.76. The maximum atomic E-state index is 12.0. The fourth-order valence-electron chi connectivity index (χ4n) is 2.21. The molecular formula is C16H20N2O3. The van der Waals surface area contributed by atoms with Crippen molar-refractivity contribution in [3.05, 3.63) is 42.5 Å². The minimum atomic E-state index is -0.479. The molecule has 112 valence electrons. The van der Waals surface area contributed by atoms with E-state index in [9.17, 15) is 4.79 Å². The molecular weight excluding hydrogens is 268 g/mol. The summed E-state index contributed by atoms with van der Waals surface area (Å²) in [6.07, 6.45) is -0.479. The van der Waals surface area contributed by atoms with Gasteiger partial charge in [-0.1, -0.05) is 30.3 Å². The van der Waals surface area contributed by atoms with Crippen molar-refractivity contribution in [3.8, 4) is 0 Å². The molecule has 0 radical (unpaired) electrons. The van der Waals surface area contributed by atoms with E-state index in [0.29, 0.717) is 0 Å². The SMILES string of the molecule is COC(OC)C(C)NC(=O)Nc1ccc2ccccc2c1. The minimum Gasteiger partial charge on any atom is -0.354 e. The highest BCUT2D eigenvalue weighted by molar-refractivity contribution is 5.93. The third-order valence-corrected chi connectivity index (χ3v) is 3.24. The van der Waals surface area contributed by atoms with Crippen LogP contribution in [0, 0.1) is 0 Å². The Labute approximate surface area is 124 Å². The number of fused-ring (bicyclic) bond motifs is 1. The maximum Gasteiger partial charge on any atom is 0.319 e. The third kappa shape index (κ3) is 3.93. The predicted octanol–water partition coefficient (Wildman–Crippen LogP) is 2.97. The van der Waals surface area contributed by atoms with Crippen LogP contribution in [0.3, 0.4) is 0 Å². The van der Waals surface area contributed by atoms with E-state index in [2.05, 4.69) is 10.6 Å². The standard InChI is InChI=1S/C16H20N2O3/c1-11(15(20-2)21-3)17-16(19)18-14-9-8-12-6-4-5-7-13(12)10-14/h4-11,15H,1-3H3,(H2,17,18,19). The predicted molar refractivity (Wildman–Crippen MR) is 83.4 cm³/mol. The second-order valence-corrected chi connectivity index (χ2v) is 4.79. The van der Waals surface area contributed by atoms with Crippen LogP contribution in [0.5, 0.6) is 0 Å². The normalized spacial score (nSPS) is 12.4. The van der Waals surface area contributed by atoms with Gasteiger partial charge in [-0.3, -0.25) is 0 Å². The van der Waals surface area contributed by atoms with Crippen LogP contribution in [0.4, 0.5) is 10.5 Å². The van der Waals surface area contributed by atoms with Gasteiger partial charge < -0.3 is 20.1 Å². The van der Waals surface area contributed by atoms with Gasteiger partial charge in [-0.15, -0.1) is 0 Å². The van der Waals surface area contributed by atoms with Crippen molar-refractivity contribution in [3.63, 3.8) is 0 Å². The molecule has 2 N–H and O–H groups in total. The Morgan fingerprint density at radius 2 is 1.71 bits per heavy atom. The molecule has 0 aromatic heterocycles. The van der Waals surface area contributed by atoms with Crippen molar-refractivity contribution >= 4 is 22.5 Å². The molecule has 2 aromatic rings. The zero-order valence-corrected chi connectivity index (χ0v) is 12.4.